The number of likely N-dealkylation sites (N-methyl/N-ethyl adjacent to an activating group) is 2. The van der Waals surface area contributed by atoms with E-state index in [1.165, 1.54) is 0 Å². The summed E-state index contributed by atoms with van der Waals surface area (Å²) < 4.78 is 0. The fourth-order valence-corrected chi connectivity index (χ4v) is 4.06. The number of hydrogen-bond donors (Lipinski definition) is 0. The molecule has 0 aromatic carbocycles. The average Bonchev–Trinajstić information content (AvgIpc) is 2.93. The summed E-state index contributed by atoms with van der Waals surface area (Å²) in [6.45, 7) is 11.4. The fraction of sp³-hybridized carbons (Fsp3) is 0.900. The molecule has 0 aromatic rings. The average molecular weight is 352 g/mol. The maximum Gasteiger partial charge on any atom is 0.258 e. The Balaban J connectivity index is 2.22. The Hall–Kier alpha value is -1.10. The van der Waals surface area contributed by atoms with Gasteiger partial charge >= 0.3 is 0 Å². The van der Waals surface area contributed by atoms with Gasteiger partial charge in [0, 0.05) is 12.5 Å². The lowest BCUT2D eigenvalue weighted by atomic mass is 9.75. The predicted octanol–water partition coefficient (Wildman–Crippen LogP) is 3.30. The molecule has 0 N–H and O–H groups in total. The molecule has 2 amide bonds. The van der Waals surface area contributed by atoms with Gasteiger partial charge in [0.2, 0.25) is 5.91 Å². The van der Waals surface area contributed by atoms with Crippen LogP contribution in [0.15, 0.2) is 0 Å². The van der Waals surface area contributed by atoms with Crippen LogP contribution in [-0.4, -0.2) is 59.5 Å². The first kappa shape index (κ1) is 20.2. The second-order valence-corrected chi connectivity index (χ2v) is 9.80. The van der Waals surface area contributed by atoms with Gasteiger partial charge in [-0.3, -0.25) is 19.5 Å². The highest BCUT2D eigenvalue weighted by Crippen LogP contribution is 2.38. The second kappa shape index (κ2) is 7.26. The molecule has 25 heavy (non-hydrogen) atoms. The van der Waals surface area contributed by atoms with Crippen molar-refractivity contribution in [2.24, 2.45) is 10.8 Å². The summed E-state index contributed by atoms with van der Waals surface area (Å²) in [5.41, 5.74) is -0.162. The Bertz CT molecular complexity index is 500. The third-order valence-electron chi connectivity index (χ3n) is 5.95. The third-order valence-corrected chi connectivity index (χ3v) is 5.95. The molecule has 2 fully saturated rings. The zero-order chi connectivity index (χ0) is 19.0. The summed E-state index contributed by atoms with van der Waals surface area (Å²) in [5, 5.41) is 3.44. The predicted molar refractivity (Wildman–Crippen MR) is 101 cm³/mol. The van der Waals surface area contributed by atoms with Crippen molar-refractivity contribution in [2.75, 3.05) is 20.6 Å². The molecule has 144 valence electrons. The lowest BCUT2D eigenvalue weighted by Crippen LogP contribution is -2.59. The van der Waals surface area contributed by atoms with E-state index in [1.807, 2.05) is 27.8 Å². The van der Waals surface area contributed by atoms with Crippen LogP contribution in [0.5, 0.6) is 0 Å². The summed E-state index contributed by atoms with van der Waals surface area (Å²) in [5.74, 6) is 0.108. The van der Waals surface area contributed by atoms with Crippen LogP contribution < -0.4 is 0 Å². The van der Waals surface area contributed by atoms with Gasteiger partial charge in [0.15, 0.2) is 0 Å². The van der Waals surface area contributed by atoms with Gasteiger partial charge < -0.3 is 0 Å². The van der Waals surface area contributed by atoms with Crippen molar-refractivity contribution < 1.29 is 9.59 Å². The van der Waals surface area contributed by atoms with E-state index in [1.54, 1.807) is 17.1 Å². The number of hydrazine groups is 1. The van der Waals surface area contributed by atoms with Gasteiger partial charge in [0.05, 0.1) is 12.1 Å². The zero-order valence-electron chi connectivity index (χ0n) is 17.3. The smallest absolute Gasteiger partial charge is 0.258 e. The van der Waals surface area contributed by atoms with E-state index >= 15 is 0 Å². The molecule has 0 aromatic heterocycles. The highest BCUT2D eigenvalue weighted by Gasteiger charge is 2.41. The number of carbonyl (C=O) groups is 2. The molecule has 1 aliphatic carbocycles. The molecule has 1 aliphatic heterocycles. The standard InChI is InChI=1S/C20H37N3O2/c1-19(2,3)18(25)23(15-10-12-20(4,5)13-11-15)22(7)17(24)16-9-8-14-21(16)6/h15-16H,8-14H2,1-7H3/t16-/m0/s1. The van der Waals surface area contributed by atoms with Gasteiger partial charge in [-0.05, 0) is 57.5 Å². The van der Waals surface area contributed by atoms with Crippen molar-refractivity contribution in [2.45, 2.75) is 85.2 Å². The van der Waals surface area contributed by atoms with Crippen LogP contribution in [0.4, 0.5) is 0 Å². The summed E-state index contributed by atoms with van der Waals surface area (Å²) in [6, 6.07) is 0.0284. The van der Waals surface area contributed by atoms with Crippen molar-refractivity contribution >= 4 is 11.8 Å². The van der Waals surface area contributed by atoms with E-state index in [4.69, 9.17) is 0 Å². The molecule has 1 saturated carbocycles. The van der Waals surface area contributed by atoms with Crippen LogP contribution in [0.25, 0.3) is 0 Å². The Morgan fingerprint density at radius 2 is 1.64 bits per heavy atom. The monoisotopic (exact) mass is 351 g/mol. The van der Waals surface area contributed by atoms with Gasteiger partial charge in [-0.2, -0.15) is 0 Å². The van der Waals surface area contributed by atoms with Gasteiger partial charge in [0.1, 0.15) is 0 Å². The van der Waals surface area contributed by atoms with E-state index in [-0.39, 0.29) is 23.9 Å². The van der Waals surface area contributed by atoms with Crippen LogP contribution in [0.2, 0.25) is 0 Å². The molecule has 1 heterocycles. The summed E-state index contributed by atoms with van der Waals surface area (Å²) in [7, 11) is 3.79. The maximum absolute atomic E-state index is 13.2. The molecule has 1 saturated heterocycles. The Kier molecular flexibility index (Phi) is 5.87. The molecular weight excluding hydrogens is 314 g/mol. The first-order valence-electron chi connectivity index (χ1n) is 9.75. The second-order valence-electron chi connectivity index (χ2n) is 9.80. The van der Waals surface area contributed by atoms with Crippen molar-refractivity contribution in [3.63, 3.8) is 0 Å². The van der Waals surface area contributed by atoms with Gasteiger partial charge in [-0.1, -0.05) is 34.6 Å². The van der Waals surface area contributed by atoms with Crippen LogP contribution >= 0.6 is 0 Å². The molecular formula is C20H37N3O2. The Labute approximate surface area is 153 Å². The number of nitrogens with zero attached hydrogens (tertiary/aromatic N) is 3. The number of likely N-dealkylation sites (tertiary alicyclic amines) is 1. The lowest BCUT2D eigenvalue weighted by molar-refractivity contribution is -0.176. The van der Waals surface area contributed by atoms with Crippen molar-refractivity contribution in [3.05, 3.63) is 0 Å². The van der Waals surface area contributed by atoms with E-state index in [0.29, 0.717) is 5.41 Å². The fourth-order valence-electron chi connectivity index (χ4n) is 4.06. The van der Waals surface area contributed by atoms with Crippen molar-refractivity contribution in [3.8, 4) is 0 Å². The summed E-state index contributed by atoms with van der Waals surface area (Å²) in [6.07, 6.45) is 6.05. The minimum absolute atomic E-state index is 0.0497. The molecule has 0 spiro atoms. The molecule has 0 radical (unpaired) electrons. The zero-order valence-corrected chi connectivity index (χ0v) is 17.3. The minimum atomic E-state index is -0.497. The number of amides is 2. The Morgan fingerprint density at radius 1 is 1.08 bits per heavy atom. The van der Waals surface area contributed by atoms with Crippen molar-refractivity contribution in [1.29, 1.82) is 0 Å². The van der Waals surface area contributed by atoms with E-state index in [0.717, 1.165) is 45.1 Å². The largest absolute Gasteiger partial charge is 0.295 e. The molecule has 2 aliphatic rings. The molecule has 0 bridgehead atoms. The van der Waals surface area contributed by atoms with Crippen molar-refractivity contribution in [1.82, 2.24) is 14.9 Å². The lowest BCUT2D eigenvalue weighted by Gasteiger charge is -2.46. The molecule has 5 heteroatoms. The number of carbonyl (C=O) groups excluding carboxylic acids is 2. The van der Waals surface area contributed by atoms with E-state index in [9.17, 15) is 9.59 Å². The SMILES string of the molecule is CN1CCC[C@H]1C(=O)N(C)N(C(=O)C(C)(C)C)C1CCC(C)(C)CC1. The van der Waals surface area contributed by atoms with Crippen LogP contribution in [0.3, 0.4) is 0 Å². The van der Waals surface area contributed by atoms with Gasteiger partial charge in [-0.25, -0.2) is 5.01 Å². The molecule has 2 rings (SSSR count). The van der Waals surface area contributed by atoms with E-state index < -0.39 is 5.41 Å². The number of hydrogen-bond acceptors (Lipinski definition) is 3. The van der Waals surface area contributed by atoms with E-state index in [2.05, 4.69) is 18.7 Å². The first-order chi connectivity index (χ1) is 11.4. The quantitative estimate of drug-likeness (QED) is 0.717. The highest BCUT2D eigenvalue weighted by atomic mass is 16.2. The summed E-state index contributed by atoms with van der Waals surface area (Å²) in [4.78, 5) is 28.4. The van der Waals surface area contributed by atoms with Crippen LogP contribution in [0.1, 0.15) is 73.1 Å². The maximum atomic E-state index is 13.2. The first-order valence-corrected chi connectivity index (χ1v) is 9.75. The Morgan fingerprint density at radius 3 is 2.08 bits per heavy atom. The van der Waals surface area contributed by atoms with Crippen LogP contribution in [-0.2, 0) is 9.59 Å². The molecule has 0 unspecified atom stereocenters. The van der Waals surface area contributed by atoms with Gasteiger partial charge in [0.25, 0.3) is 5.91 Å². The normalized spacial score (nSPS) is 25.0. The third kappa shape index (κ3) is 4.55. The molecule has 1 atom stereocenters. The summed E-state index contributed by atoms with van der Waals surface area (Å²) >= 11 is 0. The number of rotatable bonds is 2. The highest BCUT2D eigenvalue weighted by molar-refractivity contribution is 5.87. The minimum Gasteiger partial charge on any atom is -0.295 e. The van der Waals surface area contributed by atoms with Gasteiger partial charge in [-0.15, -0.1) is 0 Å². The molecule has 5 nitrogen and oxygen atoms in total. The van der Waals surface area contributed by atoms with Crippen LogP contribution in [0, 0.1) is 10.8 Å². The topological polar surface area (TPSA) is 43.9 Å².